The third-order valence-electron chi connectivity index (χ3n) is 2.84. The Labute approximate surface area is 78.0 Å². The Morgan fingerprint density at radius 3 is 2.36 bits per heavy atom. The zero-order valence-electron chi connectivity index (χ0n) is 6.66. The molecule has 0 heterocycles. The van der Waals surface area contributed by atoms with Crippen LogP contribution < -0.4 is 0 Å². The molecule has 0 spiro atoms. The van der Waals surface area contributed by atoms with Crippen molar-refractivity contribution in [3.63, 3.8) is 0 Å². The lowest BCUT2D eigenvalue weighted by Gasteiger charge is -2.18. The summed E-state index contributed by atoms with van der Waals surface area (Å²) in [6, 6.07) is 0. The highest BCUT2D eigenvalue weighted by Crippen LogP contribution is 2.48. The largest absolute Gasteiger partial charge is 0.274 e. The minimum Gasteiger partial charge on any atom is -0.140 e. The number of allylic oxidation sites excluding steroid dienone is 2. The summed E-state index contributed by atoms with van der Waals surface area (Å²) in [5.74, 6) is 0.907. The van der Waals surface area contributed by atoms with Crippen molar-refractivity contribution in [2.75, 3.05) is 0 Å². The zero-order valence-corrected chi connectivity index (χ0v) is 9.17. The predicted octanol–water partition coefficient (Wildman–Crippen LogP) is 3.58. The van der Waals surface area contributed by atoms with Crippen LogP contribution in [0.3, 0.4) is 0 Å². The summed E-state index contributed by atoms with van der Waals surface area (Å²) in [4.78, 5) is 0. The van der Waals surface area contributed by atoms with Crippen molar-refractivity contribution in [3.8, 4) is 0 Å². The van der Waals surface area contributed by atoms with E-state index in [0.29, 0.717) is 0 Å². The summed E-state index contributed by atoms with van der Waals surface area (Å²) in [7, 11) is 0. The lowest BCUT2D eigenvalue weighted by Crippen LogP contribution is -2.19. The molecule has 62 valence electrons. The molecule has 1 unspecified atom stereocenters. The van der Waals surface area contributed by atoms with Crippen LogP contribution in [0.15, 0.2) is 10.8 Å². The number of hydrogen-bond donors (Lipinski definition) is 0. The lowest BCUT2D eigenvalue weighted by atomic mass is 10.1. The molecule has 0 aromatic carbocycles. The molecule has 2 rings (SSSR count). The van der Waals surface area contributed by atoms with Gasteiger partial charge in [0.25, 0.3) is 6.69 Å². The third-order valence-corrected chi connectivity index (χ3v) is 5.83. The fourth-order valence-corrected chi connectivity index (χ4v) is 5.06. The quantitative estimate of drug-likeness (QED) is 0.455. The molecule has 2 aliphatic carbocycles. The first kappa shape index (κ1) is 8.15. The Balaban J connectivity index is 2.28. The van der Waals surface area contributed by atoms with E-state index >= 15 is 0 Å². The van der Waals surface area contributed by atoms with Gasteiger partial charge in [-0.05, 0) is 38.1 Å². The highest BCUT2D eigenvalue weighted by Gasteiger charge is 2.39. The molecule has 0 radical (unpaired) electrons. The Morgan fingerprint density at radius 2 is 2.09 bits per heavy atom. The van der Waals surface area contributed by atoms with Crippen LogP contribution in [-0.4, -0.2) is 6.69 Å². The molecule has 0 N–H and O–H groups in total. The van der Waals surface area contributed by atoms with E-state index in [-0.39, 0.29) is 0 Å². The number of fused-ring (bicyclic) bond motifs is 2. The second-order valence-electron chi connectivity index (χ2n) is 3.78. The first-order chi connectivity index (χ1) is 5.07. The van der Waals surface area contributed by atoms with Crippen LogP contribution in [0.4, 0.5) is 0 Å². The van der Waals surface area contributed by atoms with Gasteiger partial charge in [0.2, 0.25) is 0 Å². The molecule has 1 fully saturated rings. The average molecular weight is 207 g/mol. The monoisotopic (exact) mass is 206 g/mol. The van der Waals surface area contributed by atoms with Crippen molar-refractivity contribution in [3.05, 3.63) is 10.8 Å². The van der Waals surface area contributed by atoms with Gasteiger partial charge in [-0.3, -0.25) is 0 Å². The van der Waals surface area contributed by atoms with Gasteiger partial charge < -0.3 is 0 Å². The topological polar surface area (TPSA) is 0 Å². The van der Waals surface area contributed by atoms with Crippen molar-refractivity contribution in [2.45, 2.75) is 32.2 Å². The maximum absolute atomic E-state index is 6.18. The second-order valence-corrected chi connectivity index (χ2v) is 11.3. The van der Waals surface area contributed by atoms with Crippen LogP contribution in [0.1, 0.15) is 25.7 Å². The van der Waals surface area contributed by atoms with Crippen LogP contribution in [-0.2, 0) is 0 Å². The van der Waals surface area contributed by atoms with Crippen LogP contribution >= 0.6 is 22.2 Å². The molecule has 0 aliphatic heterocycles. The number of rotatable bonds is 1. The van der Waals surface area contributed by atoms with Crippen LogP contribution in [0.2, 0.25) is 6.55 Å². The van der Waals surface area contributed by atoms with Crippen molar-refractivity contribution >= 4 is 28.9 Å². The van der Waals surface area contributed by atoms with Crippen molar-refractivity contribution < 1.29 is 0 Å². The van der Waals surface area contributed by atoms with E-state index in [2.05, 4.69) is 0 Å². The predicted molar refractivity (Wildman–Crippen MR) is 52.3 cm³/mol. The maximum atomic E-state index is 6.18. The van der Waals surface area contributed by atoms with E-state index in [9.17, 15) is 0 Å². The van der Waals surface area contributed by atoms with E-state index in [1.807, 2.05) is 6.55 Å². The first-order valence-electron chi connectivity index (χ1n) is 4.16. The Morgan fingerprint density at radius 1 is 1.36 bits per heavy atom. The maximum Gasteiger partial charge on any atom is 0.274 e. The molecule has 0 aromatic heterocycles. The van der Waals surface area contributed by atoms with Gasteiger partial charge in [0, 0.05) is 0 Å². The molecule has 2 bridgehead atoms. The van der Waals surface area contributed by atoms with E-state index in [4.69, 9.17) is 22.2 Å². The molecular weight excluding hydrogens is 195 g/mol. The fourth-order valence-electron chi connectivity index (χ4n) is 2.30. The van der Waals surface area contributed by atoms with Crippen LogP contribution in [0.5, 0.6) is 0 Å². The van der Waals surface area contributed by atoms with E-state index in [1.54, 1.807) is 5.57 Å². The Hall–Kier alpha value is 0.537. The molecule has 0 saturated heterocycles. The standard InChI is InChI=1S/C8H12Cl2Si/c1-11(9,10)8-5-6-2-3-7(8)4-6/h6H,2-5H2,1H3. The van der Waals surface area contributed by atoms with Gasteiger partial charge in [0.1, 0.15) is 0 Å². The normalized spacial score (nSPS) is 30.3. The van der Waals surface area contributed by atoms with Crippen molar-refractivity contribution in [1.82, 2.24) is 0 Å². The van der Waals surface area contributed by atoms with Gasteiger partial charge in [-0.15, -0.1) is 22.2 Å². The van der Waals surface area contributed by atoms with E-state index in [0.717, 1.165) is 5.92 Å². The summed E-state index contributed by atoms with van der Waals surface area (Å²) in [6.07, 6.45) is 5.18. The molecule has 2 aliphatic rings. The zero-order chi connectivity index (χ0) is 8.06. The van der Waals surface area contributed by atoms with Gasteiger partial charge in [0.05, 0.1) is 0 Å². The van der Waals surface area contributed by atoms with Crippen molar-refractivity contribution in [1.29, 1.82) is 0 Å². The number of halogens is 2. The summed E-state index contributed by atoms with van der Waals surface area (Å²) in [5, 5.41) is 1.46. The lowest BCUT2D eigenvalue weighted by molar-refractivity contribution is 0.571. The van der Waals surface area contributed by atoms with Gasteiger partial charge >= 0.3 is 0 Å². The molecule has 3 heteroatoms. The summed E-state index contributed by atoms with van der Waals surface area (Å²) < 4.78 is 0. The van der Waals surface area contributed by atoms with Gasteiger partial charge in [-0.25, -0.2) is 0 Å². The smallest absolute Gasteiger partial charge is 0.140 e. The van der Waals surface area contributed by atoms with E-state index < -0.39 is 6.69 Å². The fraction of sp³-hybridized carbons (Fsp3) is 0.750. The molecule has 0 nitrogen and oxygen atoms in total. The summed E-state index contributed by atoms with van der Waals surface area (Å²) in [6.45, 7) is 0.0732. The first-order valence-corrected chi connectivity index (χ1v) is 8.69. The number of hydrogen-bond acceptors (Lipinski definition) is 0. The molecular formula is C8H12Cl2Si. The molecule has 1 atom stereocenters. The molecule has 0 amide bonds. The van der Waals surface area contributed by atoms with Crippen LogP contribution in [0, 0.1) is 5.92 Å². The summed E-state index contributed by atoms with van der Waals surface area (Å²) in [5.41, 5.74) is 1.61. The molecule has 0 aromatic rings. The van der Waals surface area contributed by atoms with E-state index in [1.165, 1.54) is 30.9 Å². The SMILES string of the molecule is C[Si](Cl)(Cl)C1=C2CCC(C2)C1. The Kier molecular flexibility index (Phi) is 1.86. The minimum absolute atomic E-state index is 0.907. The molecule has 1 saturated carbocycles. The van der Waals surface area contributed by atoms with Gasteiger partial charge in [-0.2, -0.15) is 0 Å². The van der Waals surface area contributed by atoms with Gasteiger partial charge in [0.15, 0.2) is 0 Å². The second kappa shape index (κ2) is 2.51. The molecule has 11 heavy (non-hydrogen) atoms. The third kappa shape index (κ3) is 1.39. The average Bonchev–Trinajstić information content (AvgIpc) is 2.42. The highest BCUT2D eigenvalue weighted by atomic mass is 35.7. The highest BCUT2D eigenvalue weighted by molar-refractivity contribution is 7.48. The summed E-state index contributed by atoms with van der Waals surface area (Å²) >= 11 is 12.4. The Bertz CT molecular complexity index is 215. The minimum atomic E-state index is -1.95. The van der Waals surface area contributed by atoms with Crippen LogP contribution in [0.25, 0.3) is 0 Å². The van der Waals surface area contributed by atoms with Crippen molar-refractivity contribution in [2.24, 2.45) is 5.92 Å². The van der Waals surface area contributed by atoms with Gasteiger partial charge in [-0.1, -0.05) is 10.8 Å².